The molecule has 0 aliphatic rings. The average Bonchev–Trinajstić information content (AvgIpc) is 2.20. The quantitative estimate of drug-likeness (QED) is 0.694. The largest absolute Gasteiger partial charge is 0.384 e. The smallest absolute Gasteiger partial charge is 0.0502 e. The van der Waals surface area contributed by atoms with Crippen LogP contribution in [0.15, 0.2) is 24.3 Å². The minimum atomic E-state index is 0.809. The summed E-state index contributed by atoms with van der Waals surface area (Å²) in [5, 5.41) is 0. The highest BCUT2D eigenvalue weighted by atomic mass is 16.5. The van der Waals surface area contributed by atoms with E-state index in [1.54, 1.807) is 7.11 Å². The first-order valence-corrected chi connectivity index (χ1v) is 4.87. The molecule has 0 radical (unpaired) electrons. The first-order chi connectivity index (χ1) is 6.33. The van der Waals surface area contributed by atoms with Gasteiger partial charge < -0.3 is 4.74 Å². The molecule has 1 rings (SSSR count). The summed E-state index contributed by atoms with van der Waals surface area (Å²) in [4.78, 5) is 0. The van der Waals surface area contributed by atoms with E-state index in [1.807, 2.05) is 13.8 Å². The van der Waals surface area contributed by atoms with Gasteiger partial charge in [0.25, 0.3) is 0 Å². The fraction of sp³-hybridized carbons (Fsp3) is 0.500. The lowest BCUT2D eigenvalue weighted by Gasteiger charge is -1.99. The summed E-state index contributed by atoms with van der Waals surface area (Å²) in [5.41, 5.74) is 2.66. The standard InChI is InChI=1S/C10H14O.C2H6/c1-9-3-5-10(6-4-9)7-8-11-2;1-2/h3-6H,7-8H2,1-2H3;1-2H3. The molecule has 0 aliphatic heterocycles. The lowest BCUT2D eigenvalue weighted by molar-refractivity contribution is 0.202. The third-order valence-corrected chi connectivity index (χ3v) is 1.72. The zero-order valence-corrected chi connectivity index (χ0v) is 9.13. The van der Waals surface area contributed by atoms with Gasteiger partial charge in [-0.05, 0) is 18.9 Å². The van der Waals surface area contributed by atoms with Crippen LogP contribution >= 0.6 is 0 Å². The minimum Gasteiger partial charge on any atom is -0.384 e. The van der Waals surface area contributed by atoms with Crippen molar-refractivity contribution in [2.24, 2.45) is 0 Å². The predicted octanol–water partition coefficient (Wildman–Crippen LogP) is 3.21. The van der Waals surface area contributed by atoms with E-state index < -0.39 is 0 Å². The maximum atomic E-state index is 4.98. The van der Waals surface area contributed by atoms with E-state index in [2.05, 4.69) is 31.2 Å². The number of hydrogen-bond donors (Lipinski definition) is 0. The van der Waals surface area contributed by atoms with Gasteiger partial charge in [-0.15, -0.1) is 0 Å². The molecule has 0 fully saturated rings. The molecule has 0 N–H and O–H groups in total. The Morgan fingerprint density at radius 3 is 2.08 bits per heavy atom. The highest BCUT2D eigenvalue weighted by molar-refractivity contribution is 5.21. The average molecular weight is 180 g/mol. The van der Waals surface area contributed by atoms with Crippen LogP contribution in [0.2, 0.25) is 0 Å². The van der Waals surface area contributed by atoms with Crippen molar-refractivity contribution in [1.29, 1.82) is 0 Å². The molecule has 0 spiro atoms. The van der Waals surface area contributed by atoms with E-state index in [4.69, 9.17) is 4.74 Å². The second-order valence-corrected chi connectivity index (χ2v) is 2.73. The normalized spacial score (nSPS) is 8.92. The SMILES string of the molecule is CC.COCCc1ccc(C)cc1. The Morgan fingerprint density at radius 2 is 1.62 bits per heavy atom. The van der Waals surface area contributed by atoms with Gasteiger partial charge >= 0.3 is 0 Å². The van der Waals surface area contributed by atoms with E-state index in [1.165, 1.54) is 11.1 Å². The van der Waals surface area contributed by atoms with Crippen molar-refractivity contribution < 1.29 is 4.74 Å². The number of hydrogen-bond acceptors (Lipinski definition) is 1. The van der Waals surface area contributed by atoms with Crippen LogP contribution in [0.5, 0.6) is 0 Å². The molecular formula is C12H20O. The number of rotatable bonds is 3. The Balaban J connectivity index is 0.000000671. The molecule has 0 saturated carbocycles. The molecule has 13 heavy (non-hydrogen) atoms. The van der Waals surface area contributed by atoms with Crippen LogP contribution in [0.3, 0.4) is 0 Å². The number of ether oxygens (including phenoxy) is 1. The highest BCUT2D eigenvalue weighted by Gasteiger charge is 1.90. The molecule has 0 saturated heterocycles. The van der Waals surface area contributed by atoms with Crippen LogP contribution in [0.1, 0.15) is 25.0 Å². The number of benzene rings is 1. The zero-order valence-electron chi connectivity index (χ0n) is 9.13. The van der Waals surface area contributed by atoms with Gasteiger partial charge in [0.15, 0.2) is 0 Å². The Morgan fingerprint density at radius 1 is 1.08 bits per heavy atom. The summed E-state index contributed by atoms with van der Waals surface area (Å²) in [6, 6.07) is 8.55. The third kappa shape index (κ3) is 5.42. The van der Waals surface area contributed by atoms with Gasteiger partial charge in [-0.3, -0.25) is 0 Å². The molecule has 1 aromatic rings. The Bertz CT molecular complexity index is 201. The zero-order chi connectivity index (χ0) is 10.1. The van der Waals surface area contributed by atoms with Crippen molar-refractivity contribution in [1.82, 2.24) is 0 Å². The lowest BCUT2D eigenvalue weighted by Crippen LogP contribution is -1.93. The lowest BCUT2D eigenvalue weighted by atomic mass is 10.1. The molecule has 1 nitrogen and oxygen atoms in total. The summed E-state index contributed by atoms with van der Waals surface area (Å²) < 4.78 is 4.98. The second kappa shape index (κ2) is 7.81. The predicted molar refractivity (Wildman–Crippen MR) is 58.1 cm³/mol. The fourth-order valence-electron chi connectivity index (χ4n) is 0.975. The minimum absolute atomic E-state index is 0.809. The summed E-state index contributed by atoms with van der Waals surface area (Å²) >= 11 is 0. The van der Waals surface area contributed by atoms with Gasteiger partial charge in [0.05, 0.1) is 6.61 Å². The van der Waals surface area contributed by atoms with Crippen molar-refractivity contribution in [2.75, 3.05) is 13.7 Å². The van der Waals surface area contributed by atoms with Gasteiger partial charge in [-0.25, -0.2) is 0 Å². The topological polar surface area (TPSA) is 9.23 Å². The Hall–Kier alpha value is -0.820. The molecule has 0 atom stereocenters. The van der Waals surface area contributed by atoms with Crippen LogP contribution in [0, 0.1) is 6.92 Å². The molecule has 0 amide bonds. The molecule has 0 bridgehead atoms. The molecule has 0 unspecified atom stereocenters. The molecule has 74 valence electrons. The molecule has 1 aromatic carbocycles. The van der Waals surface area contributed by atoms with Crippen molar-refractivity contribution in [2.45, 2.75) is 27.2 Å². The van der Waals surface area contributed by atoms with Crippen LogP contribution in [-0.2, 0) is 11.2 Å². The van der Waals surface area contributed by atoms with Crippen LogP contribution in [0.4, 0.5) is 0 Å². The van der Waals surface area contributed by atoms with Crippen LogP contribution < -0.4 is 0 Å². The number of methoxy groups -OCH3 is 1. The molecule has 1 heteroatoms. The summed E-state index contributed by atoms with van der Waals surface area (Å²) in [7, 11) is 1.73. The highest BCUT2D eigenvalue weighted by Crippen LogP contribution is 2.03. The Kier molecular flexibility index (Phi) is 7.32. The van der Waals surface area contributed by atoms with Crippen molar-refractivity contribution in [3.63, 3.8) is 0 Å². The maximum Gasteiger partial charge on any atom is 0.0502 e. The van der Waals surface area contributed by atoms with E-state index in [9.17, 15) is 0 Å². The first-order valence-electron chi connectivity index (χ1n) is 4.87. The van der Waals surface area contributed by atoms with Gasteiger partial charge in [0.1, 0.15) is 0 Å². The van der Waals surface area contributed by atoms with Gasteiger partial charge in [0, 0.05) is 7.11 Å². The molecule has 0 heterocycles. The van der Waals surface area contributed by atoms with Gasteiger partial charge in [0.2, 0.25) is 0 Å². The van der Waals surface area contributed by atoms with E-state index in [0.717, 1.165) is 13.0 Å². The van der Waals surface area contributed by atoms with E-state index >= 15 is 0 Å². The van der Waals surface area contributed by atoms with E-state index in [-0.39, 0.29) is 0 Å². The van der Waals surface area contributed by atoms with Crippen molar-refractivity contribution in [3.8, 4) is 0 Å². The van der Waals surface area contributed by atoms with Crippen molar-refractivity contribution in [3.05, 3.63) is 35.4 Å². The monoisotopic (exact) mass is 180 g/mol. The van der Waals surface area contributed by atoms with Gasteiger partial charge in [-0.2, -0.15) is 0 Å². The third-order valence-electron chi connectivity index (χ3n) is 1.72. The van der Waals surface area contributed by atoms with Gasteiger partial charge in [-0.1, -0.05) is 43.7 Å². The van der Waals surface area contributed by atoms with E-state index in [0.29, 0.717) is 0 Å². The van der Waals surface area contributed by atoms with Crippen molar-refractivity contribution >= 4 is 0 Å². The second-order valence-electron chi connectivity index (χ2n) is 2.73. The Labute approximate surface area is 81.7 Å². The van der Waals surface area contributed by atoms with Crippen LogP contribution in [0.25, 0.3) is 0 Å². The number of aryl methyl sites for hydroxylation is 1. The first kappa shape index (κ1) is 12.2. The maximum absolute atomic E-state index is 4.98. The van der Waals surface area contributed by atoms with Crippen LogP contribution in [-0.4, -0.2) is 13.7 Å². The summed E-state index contributed by atoms with van der Waals surface area (Å²) in [6.07, 6.45) is 1.01. The molecule has 0 aliphatic carbocycles. The summed E-state index contributed by atoms with van der Waals surface area (Å²) in [5.74, 6) is 0. The molecular weight excluding hydrogens is 160 g/mol. The summed E-state index contributed by atoms with van der Waals surface area (Å²) in [6.45, 7) is 6.91. The fourth-order valence-corrected chi connectivity index (χ4v) is 0.975. The molecule has 0 aromatic heterocycles.